The lowest BCUT2D eigenvalue weighted by Crippen LogP contribution is -2.47. The van der Waals surface area contributed by atoms with Gasteiger partial charge in [0.05, 0.1) is 6.10 Å². The molecule has 3 heterocycles. The van der Waals surface area contributed by atoms with Crippen LogP contribution in [0.5, 0.6) is 0 Å². The predicted octanol–water partition coefficient (Wildman–Crippen LogP) is 3.33. The molecule has 3 N–H and O–H groups in total. The molecule has 0 unspecified atom stereocenters. The summed E-state index contributed by atoms with van der Waals surface area (Å²) in [7, 11) is 0. The highest BCUT2D eigenvalue weighted by atomic mass is 16.3. The zero-order valence-corrected chi connectivity index (χ0v) is 20.0. The third kappa shape index (κ3) is 5.57. The van der Waals surface area contributed by atoms with Crippen molar-refractivity contribution in [2.24, 2.45) is 5.92 Å². The number of hydrogen-bond donors (Lipinski definition) is 3. The number of carbonyl (C=O) groups excluding carboxylic acids is 2. The Hall–Kier alpha value is -3.16. The fraction of sp³-hybridized carbons (Fsp3) is 0.429. The van der Waals surface area contributed by atoms with E-state index >= 15 is 0 Å². The van der Waals surface area contributed by atoms with Gasteiger partial charge in [0, 0.05) is 50.0 Å². The van der Waals surface area contributed by atoms with Crippen LogP contribution in [0, 0.1) is 5.92 Å². The van der Waals surface area contributed by atoms with Gasteiger partial charge in [-0.15, -0.1) is 0 Å². The predicted molar refractivity (Wildman–Crippen MR) is 136 cm³/mol. The van der Waals surface area contributed by atoms with Crippen molar-refractivity contribution in [3.8, 4) is 0 Å². The Bertz CT molecular complexity index is 1150. The summed E-state index contributed by atoms with van der Waals surface area (Å²) in [6, 6.07) is 16.3. The molecular formula is C28H34N4O3. The van der Waals surface area contributed by atoms with E-state index in [1.807, 2.05) is 59.6 Å². The van der Waals surface area contributed by atoms with Gasteiger partial charge in [-0.3, -0.25) is 9.59 Å². The summed E-state index contributed by atoms with van der Waals surface area (Å²) < 4.78 is 0. The molecule has 1 atom stereocenters. The summed E-state index contributed by atoms with van der Waals surface area (Å²) in [6.07, 6.45) is 5.33. The number of aromatic amines is 1. The van der Waals surface area contributed by atoms with Crippen molar-refractivity contribution in [1.82, 2.24) is 20.1 Å². The molecular weight excluding hydrogens is 440 g/mol. The minimum absolute atomic E-state index is 0.0509. The van der Waals surface area contributed by atoms with Gasteiger partial charge in [0.1, 0.15) is 6.04 Å². The molecule has 2 aliphatic heterocycles. The summed E-state index contributed by atoms with van der Waals surface area (Å²) in [5, 5.41) is 13.8. The lowest BCUT2D eigenvalue weighted by molar-refractivity contribution is -0.135. The van der Waals surface area contributed by atoms with Crippen molar-refractivity contribution < 1.29 is 14.7 Å². The molecule has 0 bridgehead atoms. The van der Waals surface area contributed by atoms with Crippen molar-refractivity contribution in [3.63, 3.8) is 0 Å². The van der Waals surface area contributed by atoms with E-state index in [-0.39, 0.29) is 17.9 Å². The maximum absolute atomic E-state index is 13.6. The number of piperidine rings is 2. The Morgan fingerprint density at radius 1 is 0.971 bits per heavy atom. The van der Waals surface area contributed by atoms with Crippen molar-refractivity contribution in [2.45, 2.75) is 37.8 Å². The first kappa shape index (κ1) is 23.6. The Kier molecular flexibility index (Phi) is 7.16. The largest absolute Gasteiger partial charge is 0.393 e. The van der Waals surface area contributed by atoms with Crippen LogP contribution in [0.2, 0.25) is 0 Å². The summed E-state index contributed by atoms with van der Waals surface area (Å²) in [4.78, 5) is 34.3. The number of nitrogens with one attached hydrogen (secondary N) is 2. The lowest BCUT2D eigenvalue weighted by Gasteiger charge is -2.38. The Balaban J connectivity index is 1.24. The molecule has 2 saturated heterocycles. The van der Waals surface area contributed by atoms with E-state index in [9.17, 15) is 14.7 Å². The first-order valence-electron chi connectivity index (χ1n) is 12.7. The van der Waals surface area contributed by atoms with Crippen LogP contribution >= 0.6 is 0 Å². The molecule has 7 nitrogen and oxygen atoms in total. The fourth-order valence-corrected chi connectivity index (χ4v) is 5.32. The number of benzene rings is 2. The molecule has 184 valence electrons. The average Bonchev–Trinajstić information content (AvgIpc) is 3.37. The average molecular weight is 475 g/mol. The van der Waals surface area contributed by atoms with Gasteiger partial charge in [0.15, 0.2) is 0 Å². The normalized spacial score (nSPS) is 19.1. The molecule has 1 aromatic heterocycles. The minimum Gasteiger partial charge on any atom is -0.393 e. The number of amides is 2. The first-order chi connectivity index (χ1) is 17.1. The van der Waals surface area contributed by atoms with Gasteiger partial charge < -0.3 is 25.2 Å². The van der Waals surface area contributed by atoms with Gasteiger partial charge in [-0.25, -0.2) is 0 Å². The lowest BCUT2D eigenvalue weighted by atomic mass is 9.94. The third-order valence-electron chi connectivity index (χ3n) is 7.47. The minimum atomic E-state index is -0.719. The molecule has 2 aliphatic rings. The number of carbonyl (C=O) groups is 2. The van der Waals surface area contributed by atoms with E-state index in [0.29, 0.717) is 24.6 Å². The molecule has 2 amide bonds. The van der Waals surface area contributed by atoms with Crippen molar-refractivity contribution >= 4 is 22.7 Å². The molecule has 0 radical (unpaired) electrons. The molecule has 35 heavy (non-hydrogen) atoms. The zero-order valence-electron chi connectivity index (χ0n) is 20.0. The number of fused-ring (bicyclic) bond motifs is 1. The highest BCUT2D eigenvalue weighted by molar-refractivity contribution is 6.00. The number of aromatic nitrogens is 1. The number of rotatable bonds is 6. The van der Waals surface area contributed by atoms with E-state index in [2.05, 4.69) is 15.2 Å². The highest BCUT2D eigenvalue weighted by Crippen LogP contribution is 2.25. The molecule has 0 spiro atoms. The second kappa shape index (κ2) is 10.6. The van der Waals surface area contributed by atoms with E-state index in [1.165, 1.54) is 0 Å². The van der Waals surface area contributed by atoms with Crippen LogP contribution in [-0.2, 0) is 4.79 Å². The first-order valence-corrected chi connectivity index (χ1v) is 12.7. The molecule has 3 aromatic rings. The SMILES string of the molecule is O=C(N[C@@H](C(=O)N1CCC(CN2CCC(O)CC2)CC1)c1ccccc1)c1ccc2cc[nH]c2c1. The van der Waals surface area contributed by atoms with Gasteiger partial charge in [-0.05, 0) is 60.7 Å². The maximum atomic E-state index is 13.6. The number of aliphatic hydroxyl groups is 1. The van der Waals surface area contributed by atoms with Crippen molar-refractivity contribution in [3.05, 3.63) is 71.9 Å². The maximum Gasteiger partial charge on any atom is 0.252 e. The monoisotopic (exact) mass is 474 g/mol. The molecule has 0 saturated carbocycles. The third-order valence-corrected chi connectivity index (χ3v) is 7.47. The smallest absolute Gasteiger partial charge is 0.252 e. The van der Waals surface area contributed by atoms with Gasteiger partial charge in [0.2, 0.25) is 5.91 Å². The van der Waals surface area contributed by atoms with Crippen LogP contribution in [0.3, 0.4) is 0 Å². The molecule has 2 fully saturated rings. The van der Waals surface area contributed by atoms with Crippen LogP contribution in [0.15, 0.2) is 60.8 Å². The van der Waals surface area contributed by atoms with Gasteiger partial charge in [-0.2, -0.15) is 0 Å². The summed E-state index contributed by atoms with van der Waals surface area (Å²) in [5.74, 6) is 0.252. The summed E-state index contributed by atoms with van der Waals surface area (Å²) in [6.45, 7) is 4.35. The van der Waals surface area contributed by atoms with E-state index in [4.69, 9.17) is 0 Å². The van der Waals surface area contributed by atoms with Crippen LogP contribution in [-0.4, -0.2) is 70.5 Å². The number of nitrogens with zero attached hydrogens (tertiary/aromatic N) is 2. The standard InChI is InChI=1S/C28H34N4O3/c33-24-11-14-31(15-12-24)19-20-9-16-32(17-10-20)28(35)26(22-4-2-1-3-5-22)30-27(34)23-7-6-21-8-13-29-25(21)18-23/h1-8,13,18,20,24,26,29,33H,9-12,14-17,19H2,(H,30,34)/t26-/m1/s1. The molecule has 0 aliphatic carbocycles. The Morgan fingerprint density at radius 3 is 2.46 bits per heavy atom. The van der Waals surface area contributed by atoms with Gasteiger partial charge in [0.25, 0.3) is 5.91 Å². The number of H-pyrrole nitrogens is 1. The van der Waals surface area contributed by atoms with Crippen LogP contribution in [0.4, 0.5) is 0 Å². The van der Waals surface area contributed by atoms with E-state index in [0.717, 1.165) is 61.8 Å². The number of likely N-dealkylation sites (tertiary alicyclic amines) is 2. The van der Waals surface area contributed by atoms with Crippen molar-refractivity contribution in [2.75, 3.05) is 32.7 Å². The van der Waals surface area contributed by atoms with E-state index in [1.54, 1.807) is 6.07 Å². The Morgan fingerprint density at radius 2 is 1.71 bits per heavy atom. The zero-order chi connectivity index (χ0) is 24.2. The Labute approximate surface area is 206 Å². The van der Waals surface area contributed by atoms with Crippen molar-refractivity contribution in [1.29, 1.82) is 0 Å². The number of aliphatic hydroxyl groups excluding tert-OH is 1. The number of hydrogen-bond acceptors (Lipinski definition) is 4. The second-order valence-electron chi connectivity index (χ2n) is 9.90. The molecule has 7 heteroatoms. The van der Waals surface area contributed by atoms with Crippen LogP contribution in [0.25, 0.3) is 10.9 Å². The van der Waals surface area contributed by atoms with E-state index < -0.39 is 6.04 Å². The van der Waals surface area contributed by atoms with Crippen LogP contribution < -0.4 is 5.32 Å². The van der Waals surface area contributed by atoms with Gasteiger partial charge >= 0.3 is 0 Å². The quantitative estimate of drug-likeness (QED) is 0.511. The summed E-state index contributed by atoms with van der Waals surface area (Å²) >= 11 is 0. The highest BCUT2D eigenvalue weighted by Gasteiger charge is 2.31. The fourth-order valence-electron chi connectivity index (χ4n) is 5.32. The van der Waals surface area contributed by atoms with Gasteiger partial charge in [-0.1, -0.05) is 36.4 Å². The topological polar surface area (TPSA) is 88.7 Å². The summed E-state index contributed by atoms with van der Waals surface area (Å²) in [5.41, 5.74) is 2.21. The second-order valence-corrected chi connectivity index (χ2v) is 9.90. The van der Waals surface area contributed by atoms with Crippen LogP contribution in [0.1, 0.15) is 47.6 Å². The molecule has 2 aromatic carbocycles. The molecule has 5 rings (SSSR count).